The number of piperidine rings is 1. The molecule has 1 amide bonds. The van der Waals surface area contributed by atoms with Crippen molar-refractivity contribution in [3.8, 4) is 0 Å². The number of rotatable bonds is 2. The van der Waals surface area contributed by atoms with Crippen LogP contribution in [-0.2, 0) is 0 Å². The molecule has 1 saturated carbocycles. The molecule has 110 valence electrons. The Morgan fingerprint density at radius 1 is 1.20 bits per heavy atom. The molecule has 20 heavy (non-hydrogen) atoms. The summed E-state index contributed by atoms with van der Waals surface area (Å²) in [6, 6.07) is 2.40. The Morgan fingerprint density at radius 3 is 2.50 bits per heavy atom. The second kappa shape index (κ2) is 5.58. The lowest BCUT2D eigenvalue weighted by Gasteiger charge is -2.34. The van der Waals surface area contributed by atoms with Gasteiger partial charge >= 0.3 is 0 Å². The first-order valence-electron chi connectivity index (χ1n) is 7.98. The van der Waals surface area contributed by atoms with E-state index < -0.39 is 0 Å². The number of carbonyl (C=O) groups excluding carboxylic acids is 1. The molecule has 2 fully saturated rings. The highest BCUT2D eigenvalue weighted by Gasteiger charge is 2.28. The molecule has 0 aromatic carbocycles. The first-order valence-corrected chi connectivity index (χ1v) is 7.98. The average molecular weight is 275 g/mol. The van der Waals surface area contributed by atoms with Crippen LogP contribution in [0.4, 0.5) is 0 Å². The van der Waals surface area contributed by atoms with Gasteiger partial charge in [-0.05, 0) is 37.2 Å². The zero-order valence-electron chi connectivity index (χ0n) is 12.6. The van der Waals surface area contributed by atoms with Gasteiger partial charge in [0.2, 0.25) is 0 Å². The highest BCUT2D eigenvalue weighted by atomic mass is 16.2. The van der Waals surface area contributed by atoms with Crippen LogP contribution in [-0.4, -0.2) is 33.7 Å². The van der Waals surface area contributed by atoms with Crippen molar-refractivity contribution >= 4 is 5.91 Å². The normalized spacial score (nSPS) is 28.0. The van der Waals surface area contributed by atoms with E-state index in [1.165, 1.54) is 32.1 Å². The second-order valence-corrected chi connectivity index (χ2v) is 6.78. The Kier molecular flexibility index (Phi) is 3.81. The summed E-state index contributed by atoms with van der Waals surface area (Å²) in [7, 11) is 0. The summed E-state index contributed by atoms with van der Waals surface area (Å²) in [6.45, 7) is 6.21. The lowest BCUT2D eigenvalue weighted by atomic mass is 9.92. The van der Waals surface area contributed by atoms with E-state index in [1.54, 1.807) is 0 Å². The summed E-state index contributed by atoms with van der Waals surface area (Å²) < 4.78 is 2.01. The first-order chi connectivity index (χ1) is 9.63. The van der Waals surface area contributed by atoms with Crippen LogP contribution in [0.3, 0.4) is 0 Å². The van der Waals surface area contributed by atoms with Gasteiger partial charge in [-0.1, -0.05) is 26.7 Å². The number of carbonyl (C=O) groups is 1. The van der Waals surface area contributed by atoms with Crippen molar-refractivity contribution in [2.75, 3.05) is 13.1 Å². The van der Waals surface area contributed by atoms with Crippen molar-refractivity contribution in [1.82, 2.24) is 14.7 Å². The van der Waals surface area contributed by atoms with Gasteiger partial charge in [0.05, 0.1) is 6.04 Å². The Labute approximate surface area is 121 Å². The highest BCUT2D eigenvalue weighted by molar-refractivity contribution is 5.92. The third-order valence-corrected chi connectivity index (χ3v) is 4.68. The minimum Gasteiger partial charge on any atom is -0.337 e. The number of hydrogen-bond acceptors (Lipinski definition) is 2. The lowest BCUT2D eigenvalue weighted by Crippen LogP contribution is -2.42. The van der Waals surface area contributed by atoms with Crippen molar-refractivity contribution in [3.05, 3.63) is 18.0 Å². The van der Waals surface area contributed by atoms with Gasteiger partial charge in [-0.2, -0.15) is 5.10 Å². The summed E-state index contributed by atoms with van der Waals surface area (Å²) in [5.41, 5.74) is 0.623. The van der Waals surface area contributed by atoms with Gasteiger partial charge < -0.3 is 4.90 Å². The Bertz CT molecular complexity index is 466. The van der Waals surface area contributed by atoms with Crippen LogP contribution in [0.25, 0.3) is 0 Å². The second-order valence-electron chi connectivity index (χ2n) is 6.78. The molecule has 1 aliphatic heterocycles. The van der Waals surface area contributed by atoms with Crippen molar-refractivity contribution in [2.24, 2.45) is 11.8 Å². The molecule has 0 bridgehead atoms. The monoisotopic (exact) mass is 275 g/mol. The highest BCUT2D eigenvalue weighted by Crippen LogP contribution is 2.29. The maximum atomic E-state index is 12.6. The molecule has 1 aromatic rings. The molecule has 1 aliphatic carbocycles. The minimum absolute atomic E-state index is 0.111. The fraction of sp³-hybridized carbons (Fsp3) is 0.750. The van der Waals surface area contributed by atoms with Crippen molar-refractivity contribution < 1.29 is 4.79 Å². The molecular weight excluding hydrogens is 250 g/mol. The van der Waals surface area contributed by atoms with E-state index in [0.717, 1.165) is 13.1 Å². The molecule has 4 nitrogen and oxygen atoms in total. The zero-order chi connectivity index (χ0) is 14.1. The molecule has 1 saturated heterocycles. The molecule has 2 heterocycles. The van der Waals surface area contributed by atoms with E-state index in [9.17, 15) is 4.79 Å². The van der Waals surface area contributed by atoms with Gasteiger partial charge in [-0.3, -0.25) is 9.48 Å². The Hall–Kier alpha value is -1.32. The van der Waals surface area contributed by atoms with Gasteiger partial charge in [0.1, 0.15) is 5.69 Å². The largest absolute Gasteiger partial charge is 0.337 e. The van der Waals surface area contributed by atoms with Crippen LogP contribution in [0.5, 0.6) is 0 Å². The predicted molar refractivity (Wildman–Crippen MR) is 78.6 cm³/mol. The van der Waals surface area contributed by atoms with Crippen LogP contribution in [0, 0.1) is 11.8 Å². The SMILES string of the molecule is C[C@@H]1C[C@@H](C)CN(C(=O)c2ccn(C3CCCC3)n2)C1. The molecule has 2 aliphatic rings. The molecule has 0 unspecified atom stereocenters. The van der Waals surface area contributed by atoms with Crippen molar-refractivity contribution in [3.63, 3.8) is 0 Å². The lowest BCUT2D eigenvalue weighted by molar-refractivity contribution is 0.0616. The van der Waals surface area contributed by atoms with Gasteiger partial charge in [0.15, 0.2) is 0 Å². The molecule has 3 rings (SSSR count). The molecule has 0 N–H and O–H groups in total. The zero-order valence-corrected chi connectivity index (χ0v) is 12.6. The van der Waals surface area contributed by atoms with Gasteiger partial charge in [-0.25, -0.2) is 0 Å². The first kappa shape index (κ1) is 13.7. The summed E-state index contributed by atoms with van der Waals surface area (Å²) in [6.07, 6.45) is 8.18. The van der Waals surface area contributed by atoms with E-state index in [2.05, 4.69) is 18.9 Å². The Balaban J connectivity index is 1.70. The molecule has 0 spiro atoms. The maximum Gasteiger partial charge on any atom is 0.274 e. The summed E-state index contributed by atoms with van der Waals surface area (Å²) in [5.74, 6) is 1.30. The third-order valence-electron chi connectivity index (χ3n) is 4.68. The van der Waals surface area contributed by atoms with E-state index in [0.29, 0.717) is 23.6 Å². The van der Waals surface area contributed by atoms with Gasteiger partial charge in [0.25, 0.3) is 5.91 Å². The molecule has 4 heteroatoms. The van der Waals surface area contributed by atoms with E-state index >= 15 is 0 Å². The van der Waals surface area contributed by atoms with Crippen LogP contribution in [0.1, 0.15) is 62.5 Å². The summed E-state index contributed by atoms with van der Waals surface area (Å²) >= 11 is 0. The van der Waals surface area contributed by atoms with E-state index in [4.69, 9.17) is 0 Å². The van der Waals surface area contributed by atoms with E-state index in [-0.39, 0.29) is 5.91 Å². The number of hydrogen-bond donors (Lipinski definition) is 0. The minimum atomic E-state index is 0.111. The summed E-state index contributed by atoms with van der Waals surface area (Å²) in [4.78, 5) is 14.6. The number of aromatic nitrogens is 2. The topological polar surface area (TPSA) is 38.1 Å². The van der Waals surface area contributed by atoms with E-state index in [1.807, 2.05) is 21.8 Å². The molecule has 2 atom stereocenters. The Morgan fingerprint density at radius 2 is 1.85 bits per heavy atom. The molecule has 0 radical (unpaired) electrons. The van der Waals surface area contributed by atoms with Crippen LogP contribution in [0.2, 0.25) is 0 Å². The molecular formula is C16H25N3O. The van der Waals surface area contributed by atoms with Gasteiger partial charge in [-0.15, -0.1) is 0 Å². The molecule has 1 aromatic heterocycles. The number of amides is 1. The number of likely N-dealkylation sites (tertiary alicyclic amines) is 1. The third kappa shape index (κ3) is 2.74. The smallest absolute Gasteiger partial charge is 0.274 e. The number of nitrogens with zero attached hydrogens (tertiary/aromatic N) is 3. The van der Waals surface area contributed by atoms with Crippen molar-refractivity contribution in [1.29, 1.82) is 0 Å². The van der Waals surface area contributed by atoms with Crippen LogP contribution >= 0.6 is 0 Å². The predicted octanol–water partition coefficient (Wildman–Crippen LogP) is 3.12. The van der Waals surface area contributed by atoms with Crippen LogP contribution in [0.15, 0.2) is 12.3 Å². The average Bonchev–Trinajstić information content (AvgIpc) is 3.07. The maximum absolute atomic E-state index is 12.6. The summed E-state index contributed by atoms with van der Waals surface area (Å²) in [5, 5.41) is 4.54. The quantitative estimate of drug-likeness (QED) is 0.831. The van der Waals surface area contributed by atoms with Gasteiger partial charge in [0, 0.05) is 19.3 Å². The fourth-order valence-electron chi connectivity index (χ4n) is 3.82. The fourth-order valence-corrected chi connectivity index (χ4v) is 3.82. The van der Waals surface area contributed by atoms with Crippen molar-refractivity contribution in [2.45, 2.75) is 52.0 Å². The standard InChI is InChI=1S/C16H25N3O/c1-12-9-13(2)11-18(10-12)16(20)15-7-8-19(17-15)14-5-3-4-6-14/h7-8,12-14H,3-6,9-11H2,1-2H3/t12-,13-/m1/s1. The van der Waals surface area contributed by atoms with Crippen LogP contribution < -0.4 is 0 Å².